The van der Waals surface area contributed by atoms with Gasteiger partial charge in [-0.15, -0.1) is 0 Å². The molecule has 0 bridgehead atoms. The molecule has 0 saturated heterocycles. The second kappa shape index (κ2) is 6.44. The lowest BCUT2D eigenvalue weighted by atomic mass is 10.2. The summed E-state index contributed by atoms with van der Waals surface area (Å²) in [4.78, 5) is 4.46. The fourth-order valence-corrected chi connectivity index (χ4v) is 2.82. The molecule has 0 atom stereocenters. The van der Waals surface area contributed by atoms with E-state index < -0.39 is 0 Å². The summed E-state index contributed by atoms with van der Waals surface area (Å²) < 4.78 is 11.6. The fraction of sp³-hybridized carbons (Fsp3) is 0.125. The number of nitrogens with one attached hydrogen (secondary N) is 1. The van der Waals surface area contributed by atoms with Crippen LogP contribution in [0.4, 0.5) is 5.13 Å². The van der Waals surface area contributed by atoms with Crippen LogP contribution in [0.1, 0.15) is 5.56 Å². The Bertz CT molecular complexity index is 781. The number of anilines is 1. The largest absolute Gasteiger partial charge is 0.497 e. The Morgan fingerprint density at radius 1 is 1.14 bits per heavy atom. The van der Waals surface area contributed by atoms with Crippen molar-refractivity contribution >= 4 is 32.9 Å². The van der Waals surface area contributed by atoms with Crippen LogP contribution in [0.2, 0.25) is 0 Å². The molecular weight excluding hydrogens is 298 g/mol. The highest BCUT2D eigenvalue weighted by Crippen LogP contribution is 2.26. The molecule has 0 unspecified atom stereocenters. The summed E-state index contributed by atoms with van der Waals surface area (Å²) in [6.45, 7) is 0. The zero-order valence-electron chi connectivity index (χ0n) is 12.2. The van der Waals surface area contributed by atoms with Crippen LogP contribution in [-0.4, -0.2) is 25.4 Å². The number of benzene rings is 2. The molecule has 3 rings (SSSR count). The third-order valence-electron chi connectivity index (χ3n) is 3.10. The van der Waals surface area contributed by atoms with Crippen molar-refractivity contribution < 1.29 is 9.47 Å². The van der Waals surface area contributed by atoms with Gasteiger partial charge in [0.1, 0.15) is 11.5 Å². The van der Waals surface area contributed by atoms with Gasteiger partial charge in [0, 0.05) is 11.6 Å². The SMILES string of the molecule is COc1ccc(/C=N/Nc2nc3ccccc3s2)c(OC)c1. The monoisotopic (exact) mass is 313 g/mol. The zero-order chi connectivity index (χ0) is 15.4. The van der Waals surface area contributed by atoms with Crippen LogP contribution in [-0.2, 0) is 0 Å². The minimum atomic E-state index is 0.703. The van der Waals surface area contributed by atoms with Gasteiger partial charge in [-0.1, -0.05) is 23.5 Å². The molecule has 0 aliphatic rings. The van der Waals surface area contributed by atoms with Gasteiger partial charge >= 0.3 is 0 Å². The van der Waals surface area contributed by atoms with Crippen molar-refractivity contribution in [2.45, 2.75) is 0 Å². The van der Waals surface area contributed by atoms with E-state index >= 15 is 0 Å². The molecule has 0 saturated carbocycles. The van der Waals surface area contributed by atoms with Gasteiger partial charge in [-0.05, 0) is 24.3 Å². The number of ether oxygens (including phenoxy) is 2. The van der Waals surface area contributed by atoms with Gasteiger partial charge in [-0.25, -0.2) is 4.98 Å². The van der Waals surface area contributed by atoms with Crippen LogP contribution in [0.5, 0.6) is 11.5 Å². The number of hydrogen-bond acceptors (Lipinski definition) is 6. The summed E-state index contributed by atoms with van der Waals surface area (Å²) >= 11 is 1.56. The molecule has 22 heavy (non-hydrogen) atoms. The number of hydrazone groups is 1. The van der Waals surface area contributed by atoms with Gasteiger partial charge in [0.15, 0.2) is 0 Å². The van der Waals surface area contributed by atoms with E-state index in [9.17, 15) is 0 Å². The number of hydrogen-bond donors (Lipinski definition) is 1. The summed E-state index contributed by atoms with van der Waals surface area (Å²) in [5.41, 5.74) is 4.78. The second-order valence-corrected chi connectivity index (χ2v) is 5.50. The highest BCUT2D eigenvalue weighted by atomic mass is 32.1. The van der Waals surface area contributed by atoms with Gasteiger partial charge in [0.2, 0.25) is 5.13 Å². The Balaban J connectivity index is 1.76. The van der Waals surface area contributed by atoms with E-state index in [1.807, 2.05) is 42.5 Å². The van der Waals surface area contributed by atoms with Crippen LogP contribution in [0.25, 0.3) is 10.2 Å². The maximum absolute atomic E-state index is 5.33. The van der Waals surface area contributed by atoms with Gasteiger partial charge < -0.3 is 9.47 Å². The van der Waals surface area contributed by atoms with Crippen molar-refractivity contribution in [2.75, 3.05) is 19.6 Å². The summed E-state index contributed by atoms with van der Waals surface area (Å²) in [7, 11) is 3.24. The first-order valence-corrected chi connectivity index (χ1v) is 7.48. The standard InChI is InChI=1S/C16H15N3O2S/c1-20-12-8-7-11(14(9-12)21-2)10-17-19-16-18-13-5-3-4-6-15(13)22-16/h3-10H,1-2H3,(H,18,19)/b17-10+. The smallest absolute Gasteiger partial charge is 0.204 e. The first-order chi connectivity index (χ1) is 10.8. The molecule has 3 aromatic rings. The van der Waals surface area contributed by atoms with E-state index in [4.69, 9.17) is 9.47 Å². The van der Waals surface area contributed by atoms with E-state index in [0.29, 0.717) is 5.75 Å². The Morgan fingerprint density at radius 2 is 2.00 bits per heavy atom. The molecule has 1 heterocycles. The summed E-state index contributed by atoms with van der Waals surface area (Å²) in [5, 5.41) is 4.98. The molecule has 0 amide bonds. The molecular formula is C16H15N3O2S. The Labute approximate surface area is 132 Å². The van der Waals surface area contributed by atoms with Crippen molar-refractivity contribution in [3.8, 4) is 11.5 Å². The van der Waals surface area contributed by atoms with Gasteiger partial charge in [0.25, 0.3) is 0 Å². The highest BCUT2D eigenvalue weighted by Gasteiger charge is 2.03. The van der Waals surface area contributed by atoms with Gasteiger partial charge in [-0.3, -0.25) is 5.43 Å². The van der Waals surface area contributed by atoms with Crippen LogP contribution in [0.15, 0.2) is 47.6 Å². The Kier molecular flexibility index (Phi) is 4.20. The first kappa shape index (κ1) is 14.3. The molecule has 5 nitrogen and oxygen atoms in total. The highest BCUT2D eigenvalue weighted by molar-refractivity contribution is 7.22. The van der Waals surface area contributed by atoms with Crippen molar-refractivity contribution in [2.24, 2.45) is 5.10 Å². The van der Waals surface area contributed by atoms with Gasteiger partial charge in [-0.2, -0.15) is 5.10 Å². The number of methoxy groups -OCH3 is 2. The van der Waals surface area contributed by atoms with Crippen LogP contribution in [0.3, 0.4) is 0 Å². The molecule has 0 fully saturated rings. The predicted molar refractivity (Wildman–Crippen MR) is 90.4 cm³/mol. The summed E-state index contributed by atoms with van der Waals surface area (Å²) in [5.74, 6) is 1.45. The maximum Gasteiger partial charge on any atom is 0.204 e. The first-order valence-electron chi connectivity index (χ1n) is 6.67. The molecule has 112 valence electrons. The predicted octanol–water partition coefficient (Wildman–Crippen LogP) is 3.76. The molecule has 0 aliphatic heterocycles. The van der Waals surface area contributed by atoms with Crippen LogP contribution < -0.4 is 14.9 Å². The van der Waals surface area contributed by atoms with Crippen molar-refractivity contribution in [3.05, 3.63) is 48.0 Å². The third-order valence-corrected chi connectivity index (χ3v) is 4.04. The normalized spacial score (nSPS) is 11.0. The lowest BCUT2D eigenvalue weighted by Gasteiger charge is -2.06. The van der Waals surface area contributed by atoms with Crippen LogP contribution >= 0.6 is 11.3 Å². The topological polar surface area (TPSA) is 55.7 Å². The summed E-state index contributed by atoms with van der Waals surface area (Å²) in [6.07, 6.45) is 1.70. The average molecular weight is 313 g/mol. The zero-order valence-corrected chi connectivity index (χ0v) is 13.1. The number of aromatic nitrogens is 1. The average Bonchev–Trinajstić information content (AvgIpc) is 2.97. The van der Waals surface area contributed by atoms with Crippen molar-refractivity contribution in [1.29, 1.82) is 0 Å². The van der Waals surface area contributed by atoms with E-state index in [-0.39, 0.29) is 0 Å². The molecule has 0 aliphatic carbocycles. The maximum atomic E-state index is 5.33. The van der Waals surface area contributed by atoms with Crippen molar-refractivity contribution in [3.63, 3.8) is 0 Å². The second-order valence-electron chi connectivity index (χ2n) is 4.46. The molecule has 1 aromatic heterocycles. The van der Waals surface area contributed by atoms with E-state index in [1.165, 1.54) is 0 Å². The Hall–Kier alpha value is -2.60. The molecule has 2 aromatic carbocycles. The summed E-state index contributed by atoms with van der Waals surface area (Å²) in [6, 6.07) is 13.6. The molecule has 1 N–H and O–H groups in total. The third kappa shape index (κ3) is 3.01. The Morgan fingerprint density at radius 3 is 2.77 bits per heavy atom. The van der Waals surface area contributed by atoms with E-state index in [0.717, 1.165) is 26.7 Å². The lowest BCUT2D eigenvalue weighted by Crippen LogP contribution is -1.94. The number of thiazole rings is 1. The minimum Gasteiger partial charge on any atom is -0.497 e. The number of fused-ring (bicyclic) bond motifs is 1. The number of rotatable bonds is 5. The van der Waals surface area contributed by atoms with E-state index in [2.05, 4.69) is 15.5 Å². The van der Waals surface area contributed by atoms with Crippen molar-refractivity contribution in [1.82, 2.24) is 4.98 Å². The minimum absolute atomic E-state index is 0.703. The lowest BCUT2D eigenvalue weighted by molar-refractivity contribution is 0.394. The molecule has 0 radical (unpaired) electrons. The quantitative estimate of drug-likeness (QED) is 0.575. The molecule has 0 spiro atoms. The van der Waals surface area contributed by atoms with Gasteiger partial charge in [0.05, 0.1) is 30.7 Å². The number of nitrogens with zero attached hydrogens (tertiary/aromatic N) is 2. The van der Waals surface area contributed by atoms with Crippen LogP contribution in [0, 0.1) is 0 Å². The molecule has 6 heteroatoms. The number of para-hydroxylation sites is 1. The fourth-order valence-electron chi connectivity index (χ4n) is 2.00. The van der Waals surface area contributed by atoms with E-state index in [1.54, 1.807) is 31.8 Å².